The lowest BCUT2D eigenvalue weighted by atomic mass is 9.89. The van der Waals surface area contributed by atoms with Gasteiger partial charge in [-0.05, 0) is 50.5 Å². The first-order valence-electron chi connectivity index (χ1n) is 11.8. The zero-order chi connectivity index (χ0) is 26.5. The standard InChI is InChI=1S/C27H29FN2O7/c1-15-23(36-26(31)30-19-11-12-19)22(24(16(2)29-15)37-27(32)34-4)20-9-6-10-21(33-3)25(20)35-14-17-7-5-8-18(28)13-17/h5-10,13,19,22,29H,11-12,14H2,1-4H3,(H,30,31). The minimum Gasteiger partial charge on any atom is -0.493 e. The number of dihydropyridines is 1. The molecule has 2 N–H and O–H groups in total. The Morgan fingerprint density at radius 1 is 1.03 bits per heavy atom. The van der Waals surface area contributed by atoms with Crippen LogP contribution in [-0.4, -0.2) is 32.5 Å². The van der Waals surface area contributed by atoms with Crippen LogP contribution in [0, 0.1) is 5.82 Å². The fourth-order valence-electron chi connectivity index (χ4n) is 4.02. The number of hydrogen-bond donors (Lipinski definition) is 2. The molecule has 1 unspecified atom stereocenters. The number of para-hydroxylation sites is 1. The summed E-state index contributed by atoms with van der Waals surface area (Å²) in [6.07, 6.45) is 0.218. The van der Waals surface area contributed by atoms with E-state index in [2.05, 4.69) is 10.6 Å². The summed E-state index contributed by atoms with van der Waals surface area (Å²) in [5.74, 6) is -0.175. The summed E-state index contributed by atoms with van der Waals surface area (Å²) in [6.45, 7) is 3.51. The summed E-state index contributed by atoms with van der Waals surface area (Å²) in [5.41, 5.74) is 2.17. The van der Waals surface area contributed by atoms with E-state index in [9.17, 15) is 14.0 Å². The molecule has 1 atom stereocenters. The number of nitrogens with one attached hydrogen (secondary N) is 2. The van der Waals surface area contributed by atoms with Crippen molar-refractivity contribution in [1.29, 1.82) is 0 Å². The van der Waals surface area contributed by atoms with Gasteiger partial charge < -0.3 is 34.3 Å². The molecule has 0 aromatic heterocycles. The number of carbonyl (C=O) groups is 2. The van der Waals surface area contributed by atoms with Gasteiger partial charge in [0.15, 0.2) is 11.5 Å². The van der Waals surface area contributed by atoms with Crippen molar-refractivity contribution in [3.8, 4) is 11.5 Å². The van der Waals surface area contributed by atoms with Crippen molar-refractivity contribution in [1.82, 2.24) is 10.6 Å². The largest absolute Gasteiger partial charge is 0.513 e. The van der Waals surface area contributed by atoms with Gasteiger partial charge in [-0.15, -0.1) is 0 Å². The van der Waals surface area contributed by atoms with Crippen molar-refractivity contribution in [2.45, 2.75) is 45.3 Å². The first kappa shape index (κ1) is 25.9. The van der Waals surface area contributed by atoms with E-state index in [1.807, 2.05) is 0 Å². The first-order valence-corrected chi connectivity index (χ1v) is 11.8. The van der Waals surface area contributed by atoms with Crippen LogP contribution < -0.4 is 20.1 Å². The fourth-order valence-corrected chi connectivity index (χ4v) is 4.02. The summed E-state index contributed by atoms with van der Waals surface area (Å²) in [5, 5.41) is 5.90. The predicted molar refractivity (Wildman–Crippen MR) is 131 cm³/mol. The number of allylic oxidation sites excluding steroid dienone is 2. The molecule has 0 spiro atoms. The zero-order valence-electron chi connectivity index (χ0n) is 21.1. The van der Waals surface area contributed by atoms with Gasteiger partial charge in [-0.25, -0.2) is 14.0 Å². The second-order valence-electron chi connectivity index (χ2n) is 8.70. The van der Waals surface area contributed by atoms with Crippen LogP contribution >= 0.6 is 0 Å². The first-order chi connectivity index (χ1) is 17.8. The Labute approximate surface area is 214 Å². The third kappa shape index (κ3) is 6.14. The highest BCUT2D eigenvalue weighted by atomic mass is 19.1. The molecule has 1 amide bonds. The Morgan fingerprint density at radius 2 is 1.73 bits per heavy atom. The van der Waals surface area contributed by atoms with E-state index in [1.165, 1.54) is 26.4 Å². The summed E-state index contributed by atoms with van der Waals surface area (Å²) < 4.78 is 41.5. The van der Waals surface area contributed by atoms with E-state index in [4.69, 9.17) is 23.7 Å². The quantitative estimate of drug-likeness (QED) is 0.463. The molecule has 10 heteroatoms. The van der Waals surface area contributed by atoms with Crippen LogP contribution in [0.5, 0.6) is 11.5 Å². The fraction of sp³-hybridized carbons (Fsp3) is 0.333. The molecule has 1 saturated carbocycles. The maximum Gasteiger partial charge on any atom is 0.513 e. The Hall–Kier alpha value is -4.21. The minimum atomic E-state index is -0.937. The molecule has 1 aliphatic carbocycles. The van der Waals surface area contributed by atoms with Gasteiger partial charge in [0.1, 0.15) is 29.9 Å². The molecule has 2 aliphatic rings. The third-order valence-corrected chi connectivity index (χ3v) is 5.91. The van der Waals surface area contributed by atoms with E-state index in [1.54, 1.807) is 44.2 Å². The van der Waals surface area contributed by atoms with Crippen LogP contribution in [0.1, 0.15) is 43.7 Å². The van der Waals surface area contributed by atoms with E-state index in [0.29, 0.717) is 34.0 Å². The number of carbonyl (C=O) groups excluding carboxylic acids is 2. The van der Waals surface area contributed by atoms with Gasteiger partial charge in [0.05, 0.1) is 25.6 Å². The van der Waals surface area contributed by atoms with E-state index in [-0.39, 0.29) is 30.0 Å². The monoisotopic (exact) mass is 512 g/mol. The van der Waals surface area contributed by atoms with Crippen molar-refractivity contribution >= 4 is 12.2 Å². The predicted octanol–water partition coefficient (Wildman–Crippen LogP) is 5.23. The normalized spacial score (nSPS) is 17.1. The molecule has 9 nitrogen and oxygen atoms in total. The lowest BCUT2D eigenvalue weighted by Gasteiger charge is -2.31. The minimum absolute atomic E-state index is 0.0348. The maximum absolute atomic E-state index is 13.8. The second kappa shape index (κ2) is 11.2. The number of hydrogen-bond acceptors (Lipinski definition) is 8. The smallest absolute Gasteiger partial charge is 0.493 e. The summed E-state index contributed by atoms with van der Waals surface area (Å²) >= 11 is 0. The molecule has 196 valence electrons. The number of amides is 1. The highest BCUT2D eigenvalue weighted by Crippen LogP contribution is 2.46. The number of rotatable bonds is 8. The number of halogens is 1. The number of ether oxygens (including phenoxy) is 5. The van der Waals surface area contributed by atoms with Crippen LogP contribution in [0.25, 0.3) is 0 Å². The number of alkyl carbamates (subject to hydrolysis) is 1. The van der Waals surface area contributed by atoms with Gasteiger partial charge in [-0.3, -0.25) is 0 Å². The highest BCUT2D eigenvalue weighted by Gasteiger charge is 2.38. The topological polar surface area (TPSA) is 104 Å². The second-order valence-corrected chi connectivity index (χ2v) is 8.70. The zero-order valence-corrected chi connectivity index (χ0v) is 21.1. The van der Waals surface area contributed by atoms with Gasteiger partial charge in [0.2, 0.25) is 0 Å². The van der Waals surface area contributed by atoms with Crippen molar-refractivity contribution in [3.63, 3.8) is 0 Å². The molecule has 2 aromatic carbocycles. The van der Waals surface area contributed by atoms with Crippen LogP contribution in [-0.2, 0) is 20.8 Å². The van der Waals surface area contributed by atoms with E-state index < -0.39 is 18.2 Å². The summed E-state index contributed by atoms with van der Waals surface area (Å²) in [7, 11) is 2.69. The molecule has 37 heavy (non-hydrogen) atoms. The van der Waals surface area contributed by atoms with Gasteiger partial charge in [0.25, 0.3) is 0 Å². The van der Waals surface area contributed by atoms with Crippen LogP contribution in [0.3, 0.4) is 0 Å². The Bertz CT molecular complexity index is 1250. The Balaban J connectivity index is 1.77. The number of methoxy groups -OCH3 is 2. The summed E-state index contributed by atoms with van der Waals surface area (Å²) in [4.78, 5) is 24.8. The molecule has 0 bridgehead atoms. The van der Waals surface area contributed by atoms with E-state index >= 15 is 0 Å². The SMILES string of the molecule is COC(=O)OC1=C(C)NC(C)=C(OC(=O)NC2CC2)C1c1cccc(OC)c1OCc1cccc(F)c1. The average molecular weight is 513 g/mol. The summed E-state index contributed by atoms with van der Waals surface area (Å²) in [6, 6.07) is 11.3. The van der Waals surface area contributed by atoms with Crippen LogP contribution in [0.4, 0.5) is 14.0 Å². The molecule has 1 fully saturated rings. The molecule has 2 aromatic rings. The van der Waals surface area contributed by atoms with Gasteiger partial charge in [-0.2, -0.15) is 0 Å². The Kier molecular flexibility index (Phi) is 7.86. The molecule has 0 radical (unpaired) electrons. The number of benzene rings is 2. The molecular weight excluding hydrogens is 483 g/mol. The molecular formula is C27H29FN2O7. The maximum atomic E-state index is 13.8. The molecule has 1 heterocycles. The van der Waals surface area contributed by atoms with Gasteiger partial charge in [0, 0.05) is 11.6 Å². The van der Waals surface area contributed by atoms with Crippen molar-refractivity contribution < 1.29 is 37.7 Å². The van der Waals surface area contributed by atoms with Gasteiger partial charge >= 0.3 is 12.2 Å². The van der Waals surface area contributed by atoms with Gasteiger partial charge in [-0.1, -0.05) is 24.3 Å². The molecule has 4 rings (SSSR count). The molecule has 1 aliphatic heterocycles. The van der Waals surface area contributed by atoms with Crippen molar-refractivity contribution in [3.05, 3.63) is 82.3 Å². The lowest BCUT2D eigenvalue weighted by Crippen LogP contribution is -2.32. The van der Waals surface area contributed by atoms with E-state index in [0.717, 1.165) is 12.8 Å². The van der Waals surface area contributed by atoms with Crippen LogP contribution in [0.2, 0.25) is 0 Å². The third-order valence-electron chi connectivity index (χ3n) is 5.91. The van der Waals surface area contributed by atoms with Crippen molar-refractivity contribution in [2.75, 3.05) is 14.2 Å². The van der Waals surface area contributed by atoms with Crippen LogP contribution in [0.15, 0.2) is 65.4 Å². The highest BCUT2D eigenvalue weighted by molar-refractivity contribution is 5.71. The lowest BCUT2D eigenvalue weighted by molar-refractivity contribution is 0.0886. The van der Waals surface area contributed by atoms with Crippen molar-refractivity contribution in [2.24, 2.45) is 0 Å². The molecule has 0 saturated heterocycles. The Morgan fingerprint density at radius 3 is 2.38 bits per heavy atom. The average Bonchev–Trinajstić information content (AvgIpc) is 3.69.